The summed E-state index contributed by atoms with van der Waals surface area (Å²) in [6.45, 7) is 7.88. The molecule has 128 valence electrons. The molecule has 1 aliphatic rings. The van der Waals surface area contributed by atoms with Crippen molar-refractivity contribution in [2.75, 3.05) is 18.5 Å². The van der Waals surface area contributed by atoms with Gasteiger partial charge in [-0.1, -0.05) is 69.3 Å². The summed E-state index contributed by atoms with van der Waals surface area (Å²) < 4.78 is 0. The van der Waals surface area contributed by atoms with Gasteiger partial charge in [-0.2, -0.15) is 0 Å². The van der Waals surface area contributed by atoms with Crippen molar-refractivity contribution < 1.29 is 0 Å². The first kappa shape index (κ1) is 17.2. The molecule has 0 N–H and O–H groups in total. The van der Waals surface area contributed by atoms with Crippen LogP contribution in [0.1, 0.15) is 26.3 Å². The Morgan fingerprint density at radius 2 is 1.56 bits per heavy atom. The molecular formula is C23H26N2. The summed E-state index contributed by atoms with van der Waals surface area (Å²) in [5, 5.41) is 1.20. The first-order valence-corrected chi connectivity index (χ1v) is 8.76. The Morgan fingerprint density at radius 1 is 0.880 bits per heavy atom. The Kier molecular flexibility index (Phi) is 4.89. The maximum absolute atomic E-state index is 4.18. The number of rotatable bonds is 0. The van der Waals surface area contributed by atoms with Gasteiger partial charge in [0.2, 0.25) is 0 Å². The summed E-state index contributed by atoms with van der Waals surface area (Å²) in [5.41, 5.74) is 5.51. The van der Waals surface area contributed by atoms with Gasteiger partial charge >= 0.3 is 0 Å². The molecule has 0 atom stereocenters. The highest BCUT2D eigenvalue weighted by atomic mass is 15.1. The molecule has 0 spiro atoms. The second-order valence-corrected chi connectivity index (χ2v) is 7.53. The molecule has 3 aromatic rings. The molecule has 0 aliphatic carbocycles. The number of aromatic nitrogens is 1. The van der Waals surface area contributed by atoms with Crippen LogP contribution in [0.2, 0.25) is 0 Å². The van der Waals surface area contributed by atoms with E-state index >= 15 is 0 Å². The zero-order chi connectivity index (χ0) is 17.9. The molecule has 2 heterocycles. The zero-order valence-corrected chi connectivity index (χ0v) is 15.5. The van der Waals surface area contributed by atoms with Gasteiger partial charge in [-0.15, -0.1) is 0 Å². The third kappa shape index (κ3) is 4.08. The first-order chi connectivity index (χ1) is 11.9. The van der Waals surface area contributed by atoms with Crippen molar-refractivity contribution in [3.8, 4) is 0 Å². The minimum Gasteiger partial charge on any atom is -0.370 e. The highest BCUT2D eigenvalue weighted by Crippen LogP contribution is 2.35. The number of nitrogens with zero attached hydrogens (tertiary/aromatic N) is 2. The SMILES string of the molecule is CN1CC(C(C)(C)C)=Cc2ccccc21.c1ccc2ncccc2c1. The molecule has 0 bridgehead atoms. The van der Waals surface area contributed by atoms with Crippen LogP contribution in [0.15, 0.2) is 72.4 Å². The lowest BCUT2D eigenvalue weighted by molar-refractivity contribution is 0.495. The van der Waals surface area contributed by atoms with E-state index in [1.54, 1.807) is 0 Å². The van der Waals surface area contributed by atoms with Gasteiger partial charge in [0.15, 0.2) is 0 Å². The number of hydrogen-bond acceptors (Lipinski definition) is 2. The van der Waals surface area contributed by atoms with Crippen molar-refractivity contribution in [3.05, 3.63) is 78.0 Å². The number of para-hydroxylation sites is 2. The quantitative estimate of drug-likeness (QED) is 0.518. The van der Waals surface area contributed by atoms with Crippen LogP contribution >= 0.6 is 0 Å². The molecule has 0 unspecified atom stereocenters. The molecule has 4 rings (SSSR count). The average molecular weight is 330 g/mol. The zero-order valence-electron chi connectivity index (χ0n) is 15.5. The smallest absolute Gasteiger partial charge is 0.0701 e. The fraction of sp³-hybridized carbons (Fsp3) is 0.261. The molecule has 2 nitrogen and oxygen atoms in total. The van der Waals surface area contributed by atoms with Crippen LogP contribution in [-0.4, -0.2) is 18.6 Å². The summed E-state index contributed by atoms with van der Waals surface area (Å²) in [4.78, 5) is 6.51. The maximum Gasteiger partial charge on any atom is 0.0701 e. The largest absolute Gasteiger partial charge is 0.370 e. The number of hydrogen-bond donors (Lipinski definition) is 0. The number of fused-ring (bicyclic) bond motifs is 2. The summed E-state index contributed by atoms with van der Waals surface area (Å²) in [6.07, 6.45) is 4.15. The molecule has 0 radical (unpaired) electrons. The van der Waals surface area contributed by atoms with Gasteiger partial charge in [-0.25, -0.2) is 0 Å². The van der Waals surface area contributed by atoms with E-state index in [1.165, 1.54) is 22.2 Å². The van der Waals surface area contributed by atoms with E-state index in [1.807, 2.05) is 30.5 Å². The molecule has 0 fully saturated rings. The highest BCUT2D eigenvalue weighted by Gasteiger charge is 2.22. The Hall–Kier alpha value is -2.61. The van der Waals surface area contributed by atoms with E-state index in [2.05, 4.69) is 80.2 Å². The Morgan fingerprint density at radius 3 is 2.32 bits per heavy atom. The third-order valence-corrected chi connectivity index (χ3v) is 4.56. The molecule has 0 saturated heterocycles. The third-order valence-electron chi connectivity index (χ3n) is 4.56. The maximum atomic E-state index is 4.18. The van der Waals surface area contributed by atoms with Gasteiger partial charge in [0.25, 0.3) is 0 Å². The van der Waals surface area contributed by atoms with E-state index in [-0.39, 0.29) is 5.41 Å². The van der Waals surface area contributed by atoms with Crippen LogP contribution in [0.3, 0.4) is 0 Å². The minimum atomic E-state index is 0.266. The normalized spacial score (nSPS) is 13.6. The predicted molar refractivity (Wildman–Crippen MR) is 109 cm³/mol. The second kappa shape index (κ2) is 7.10. The highest BCUT2D eigenvalue weighted by molar-refractivity contribution is 5.77. The van der Waals surface area contributed by atoms with Crippen molar-refractivity contribution in [2.45, 2.75) is 20.8 Å². The number of benzene rings is 2. The summed E-state index contributed by atoms with van der Waals surface area (Å²) in [6, 6.07) is 20.7. The van der Waals surface area contributed by atoms with E-state index in [9.17, 15) is 0 Å². The van der Waals surface area contributed by atoms with E-state index in [0.717, 1.165) is 12.1 Å². The monoisotopic (exact) mass is 330 g/mol. The van der Waals surface area contributed by atoms with Crippen LogP contribution in [0.25, 0.3) is 17.0 Å². The molecule has 2 aromatic carbocycles. The molecular weight excluding hydrogens is 304 g/mol. The summed E-state index contributed by atoms with van der Waals surface area (Å²) >= 11 is 0. The van der Waals surface area contributed by atoms with Gasteiger partial charge in [-0.05, 0) is 34.8 Å². The lowest BCUT2D eigenvalue weighted by Gasteiger charge is -2.33. The van der Waals surface area contributed by atoms with Crippen molar-refractivity contribution in [1.82, 2.24) is 4.98 Å². The second-order valence-electron chi connectivity index (χ2n) is 7.53. The Bertz CT molecular complexity index is 822. The van der Waals surface area contributed by atoms with Gasteiger partial charge < -0.3 is 4.90 Å². The predicted octanol–water partition coefficient (Wildman–Crippen LogP) is 5.80. The van der Waals surface area contributed by atoms with Crippen molar-refractivity contribution in [3.63, 3.8) is 0 Å². The molecule has 0 saturated carbocycles. The van der Waals surface area contributed by atoms with Crippen LogP contribution in [-0.2, 0) is 0 Å². The molecule has 1 aromatic heterocycles. The lowest BCUT2D eigenvalue weighted by Crippen LogP contribution is -2.29. The number of pyridine rings is 1. The van der Waals surface area contributed by atoms with Crippen LogP contribution in [0, 0.1) is 5.41 Å². The van der Waals surface area contributed by atoms with E-state index in [4.69, 9.17) is 0 Å². The van der Waals surface area contributed by atoms with E-state index in [0.29, 0.717) is 0 Å². The molecule has 1 aliphatic heterocycles. The van der Waals surface area contributed by atoms with Gasteiger partial charge in [-0.3, -0.25) is 4.98 Å². The fourth-order valence-corrected chi connectivity index (χ4v) is 3.00. The van der Waals surface area contributed by atoms with Gasteiger partial charge in [0.05, 0.1) is 5.52 Å². The van der Waals surface area contributed by atoms with Crippen LogP contribution in [0.4, 0.5) is 5.69 Å². The van der Waals surface area contributed by atoms with E-state index < -0.39 is 0 Å². The standard InChI is InChI=1S/C14H19N.C9H7N/c1-14(2,3)12-9-11-7-5-6-8-13(11)15(4)10-12;1-2-6-9-8(4-1)5-3-7-10-9/h5-9H,10H2,1-4H3;1-7H. The number of anilines is 1. The topological polar surface area (TPSA) is 16.1 Å². The van der Waals surface area contributed by atoms with Gasteiger partial charge in [0, 0.05) is 30.9 Å². The lowest BCUT2D eigenvalue weighted by atomic mass is 9.83. The molecule has 2 heteroatoms. The Balaban J connectivity index is 0.000000157. The minimum absolute atomic E-state index is 0.266. The van der Waals surface area contributed by atoms with Crippen molar-refractivity contribution >= 4 is 22.7 Å². The summed E-state index contributed by atoms with van der Waals surface area (Å²) in [7, 11) is 2.16. The average Bonchev–Trinajstić information content (AvgIpc) is 2.62. The molecule has 0 amide bonds. The van der Waals surface area contributed by atoms with Crippen LogP contribution in [0.5, 0.6) is 0 Å². The summed E-state index contributed by atoms with van der Waals surface area (Å²) in [5.74, 6) is 0. The van der Waals surface area contributed by atoms with Crippen LogP contribution < -0.4 is 4.90 Å². The first-order valence-electron chi connectivity index (χ1n) is 8.76. The van der Waals surface area contributed by atoms with Gasteiger partial charge in [0.1, 0.15) is 0 Å². The fourth-order valence-electron chi connectivity index (χ4n) is 3.00. The van der Waals surface area contributed by atoms with Crippen molar-refractivity contribution in [2.24, 2.45) is 5.41 Å². The number of likely N-dealkylation sites (N-methyl/N-ethyl adjacent to an activating group) is 1. The van der Waals surface area contributed by atoms with Crippen molar-refractivity contribution in [1.29, 1.82) is 0 Å². The Labute approximate surface area is 150 Å². The molecule has 25 heavy (non-hydrogen) atoms.